The molecule has 0 aliphatic carbocycles. The van der Waals surface area contributed by atoms with Gasteiger partial charge in [0.15, 0.2) is 0 Å². The smallest absolute Gasteiger partial charge is 0.397 e. The number of aliphatic hydroxyl groups is 3. The molecule has 0 radical (unpaired) electrons. The van der Waals surface area contributed by atoms with E-state index in [2.05, 4.69) is 4.18 Å². The number of hydrogen-bond acceptors (Lipinski definition) is 10. The van der Waals surface area contributed by atoms with Crippen LogP contribution in [0.3, 0.4) is 0 Å². The Labute approximate surface area is 158 Å². The zero-order chi connectivity index (χ0) is 20.6. The van der Waals surface area contributed by atoms with Crippen molar-refractivity contribution in [2.45, 2.75) is 37.6 Å². The summed E-state index contributed by atoms with van der Waals surface area (Å²) in [6, 6.07) is 5.82. The number of aryl methyl sites for hydroxylation is 1. The molecule has 0 spiro atoms. The average Bonchev–Trinajstić information content (AvgIpc) is 2.60. The molecule has 3 rings (SSSR count). The van der Waals surface area contributed by atoms with Crippen molar-refractivity contribution in [2.24, 2.45) is 0 Å². The van der Waals surface area contributed by atoms with Crippen LogP contribution in [0.2, 0.25) is 0 Å². The van der Waals surface area contributed by atoms with E-state index in [9.17, 15) is 28.5 Å². The standard InChI is InChI=1S/C16H18O11S/c1-7-4-12(17)26-10-5-8(2-3-9(7)10)25-16-15(20)14(19)13(18)11(27-16)6-24-28(21,22)23/h2-5,11,13-16,18-20H,6H2,1H3,(H,21,22,23)/t11-,13+,14+,15-,16?/m1/s1. The monoisotopic (exact) mass is 418 g/mol. The molecule has 1 unspecified atom stereocenters. The fourth-order valence-electron chi connectivity index (χ4n) is 2.82. The van der Waals surface area contributed by atoms with E-state index in [1.54, 1.807) is 13.0 Å². The first-order chi connectivity index (χ1) is 13.0. The molecule has 28 heavy (non-hydrogen) atoms. The molecule has 12 heteroatoms. The van der Waals surface area contributed by atoms with E-state index in [4.69, 9.17) is 18.4 Å². The number of hydrogen-bond donors (Lipinski definition) is 4. The molecule has 1 saturated heterocycles. The molecule has 154 valence electrons. The highest BCUT2D eigenvalue weighted by Crippen LogP contribution is 2.27. The maximum Gasteiger partial charge on any atom is 0.397 e. The number of benzene rings is 1. The Balaban J connectivity index is 1.81. The zero-order valence-electron chi connectivity index (χ0n) is 14.5. The molecule has 2 aromatic rings. The van der Waals surface area contributed by atoms with Crippen LogP contribution in [0.1, 0.15) is 5.56 Å². The Hall–Kier alpha value is -2.06. The topological polar surface area (TPSA) is 173 Å². The van der Waals surface area contributed by atoms with Crippen LogP contribution in [0.5, 0.6) is 5.75 Å². The second kappa shape index (κ2) is 7.75. The number of fused-ring (bicyclic) bond motifs is 1. The molecular weight excluding hydrogens is 400 g/mol. The quantitative estimate of drug-likeness (QED) is 0.350. The summed E-state index contributed by atoms with van der Waals surface area (Å²) in [7, 11) is -4.80. The Kier molecular flexibility index (Phi) is 5.72. The molecule has 1 fully saturated rings. The molecule has 0 saturated carbocycles. The molecule has 1 aliphatic rings. The van der Waals surface area contributed by atoms with Gasteiger partial charge in [0.05, 0.1) is 6.61 Å². The van der Waals surface area contributed by atoms with Crippen LogP contribution in [0.4, 0.5) is 0 Å². The Morgan fingerprint density at radius 1 is 1.11 bits per heavy atom. The maximum atomic E-state index is 11.5. The minimum Gasteiger partial charge on any atom is -0.462 e. The minimum atomic E-state index is -4.80. The van der Waals surface area contributed by atoms with Gasteiger partial charge >= 0.3 is 16.0 Å². The normalized spacial score (nSPS) is 28.4. The van der Waals surface area contributed by atoms with Crippen LogP contribution < -0.4 is 10.4 Å². The zero-order valence-corrected chi connectivity index (χ0v) is 15.3. The summed E-state index contributed by atoms with van der Waals surface area (Å²) in [5, 5.41) is 30.6. The third-order valence-corrected chi connectivity index (χ3v) is 4.66. The lowest BCUT2D eigenvalue weighted by Gasteiger charge is -2.39. The largest absolute Gasteiger partial charge is 0.462 e. The minimum absolute atomic E-state index is 0.114. The van der Waals surface area contributed by atoms with Crippen molar-refractivity contribution in [1.82, 2.24) is 0 Å². The maximum absolute atomic E-state index is 11.5. The summed E-state index contributed by atoms with van der Waals surface area (Å²) in [4.78, 5) is 11.5. The van der Waals surface area contributed by atoms with Crippen molar-refractivity contribution in [2.75, 3.05) is 6.61 Å². The first kappa shape index (κ1) is 20.7. The van der Waals surface area contributed by atoms with Gasteiger partial charge in [-0.05, 0) is 24.6 Å². The molecule has 4 N–H and O–H groups in total. The predicted octanol–water partition coefficient (Wildman–Crippen LogP) is -0.893. The highest BCUT2D eigenvalue weighted by Gasteiger charge is 2.45. The van der Waals surface area contributed by atoms with Crippen molar-refractivity contribution >= 4 is 21.4 Å². The molecule has 0 bridgehead atoms. The summed E-state index contributed by atoms with van der Waals surface area (Å²) >= 11 is 0. The van der Waals surface area contributed by atoms with Gasteiger partial charge in [-0.3, -0.25) is 4.55 Å². The third-order valence-electron chi connectivity index (χ3n) is 4.22. The summed E-state index contributed by atoms with van der Waals surface area (Å²) < 4.78 is 50.0. The van der Waals surface area contributed by atoms with Gasteiger partial charge in [-0.15, -0.1) is 0 Å². The lowest BCUT2D eigenvalue weighted by molar-refractivity contribution is -0.276. The van der Waals surface area contributed by atoms with Gasteiger partial charge in [0.1, 0.15) is 35.7 Å². The number of ether oxygens (including phenoxy) is 2. The van der Waals surface area contributed by atoms with Crippen LogP contribution in [-0.4, -0.2) is 65.6 Å². The SMILES string of the molecule is Cc1cc(=O)oc2cc(OC3O[C@H](COS(=O)(=O)O)[C@H](O)[C@H](O)[C@H]3O)ccc12. The molecule has 2 heterocycles. The van der Waals surface area contributed by atoms with Gasteiger partial charge in [-0.1, -0.05) is 0 Å². The predicted molar refractivity (Wildman–Crippen MR) is 92.0 cm³/mol. The van der Waals surface area contributed by atoms with E-state index in [0.717, 1.165) is 0 Å². The summed E-state index contributed by atoms with van der Waals surface area (Å²) in [5.74, 6) is 0.114. The fourth-order valence-corrected chi connectivity index (χ4v) is 3.12. The van der Waals surface area contributed by atoms with Crippen molar-refractivity contribution < 1.29 is 46.4 Å². The molecule has 1 aliphatic heterocycles. The van der Waals surface area contributed by atoms with Crippen LogP contribution in [0.25, 0.3) is 11.0 Å². The Bertz CT molecular complexity index is 1010. The summed E-state index contributed by atoms with van der Waals surface area (Å²) in [6.45, 7) is 0.904. The summed E-state index contributed by atoms with van der Waals surface area (Å²) in [6.07, 6.45) is -8.06. The van der Waals surface area contributed by atoms with Crippen molar-refractivity contribution in [3.8, 4) is 5.75 Å². The van der Waals surface area contributed by atoms with Gasteiger partial charge in [0.2, 0.25) is 6.29 Å². The van der Waals surface area contributed by atoms with Crippen molar-refractivity contribution in [3.63, 3.8) is 0 Å². The van der Waals surface area contributed by atoms with E-state index in [0.29, 0.717) is 10.9 Å². The van der Waals surface area contributed by atoms with Gasteiger partial charge in [-0.2, -0.15) is 8.42 Å². The van der Waals surface area contributed by atoms with Crippen LogP contribution in [-0.2, 0) is 19.3 Å². The van der Waals surface area contributed by atoms with E-state index in [1.165, 1.54) is 18.2 Å². The summed E-state index contributed by atoms with van der Waals surface area (Å²) in [5.41, 5.74) is 0.351. The van der Waals surface area contributed by atoms with Gasteiger partial charge in [0, 0.05) is 17.5 Å². The van der Waals surface area contributed by atoms with Gasteiger partial charge < -0.3 is 29.2 Å². The van der Waals surface area contributed by atoms with Crippen LogP contribution in [0, 0.1) is 6.92 Å². The van der Waals surface area contributed by atoms with Crippen molar-refractivity contribution in [1.29, 1.82) is 0 Å². The lowest BCUT2D eigenvalue weighted by atomic mass is 9.99. The molecule has 1 aromatic heterocycles. The first-order valence-electron chi connectivity index (χ1n) is 8.08. The van der Waals surface area contributed by atoms with Crippen LogP contribution >= 0.6 is 0 Å². The fraction of sp³-hybridized carbons (Fsp3) is 0.438. The first-order valence-corrected chi connectivity index (χ1v) is 9.44. The third kappa shape index (κ3) is 4.50. The lowest BCUT2D eigenvalue weighted by Crippen LogP contribution is -2.60. The average molecular weight is 418 g/mol. The molecule has 11 nitrogen and oxygen atoms in total. The number of aliphatic hydroxyl groups excluding tert-OH is 3. The Morgan fingerprint density at radius 3 is 2.50 bits per heavy atom. The second-order valence-corrected chi connectivity index (χ2v) is 7.34. The molecule has 1 aromatic carbocycles. The van der Waals surface area contributed by atoms with E-state index >= 15 is 0 Å². The highest BCUT2D eigenvalue weighted by atomic mass is 32.3. The van der Waals surface area contributed by atoms with E-state index in [-0.39, 0.29) is 11.3 Å². The Morgan fingerprint density at radius 2 is 1.82 bits per heavy atom. The van der Waals surface area contributed by atoms with Crippen molar-refractivity contribution in [3.05, 3.63) is 40.2 Å². The van der Waals surface area contributed by atoms with Gasteiger partial charge in [0.25, 0.3) is 0 Å². The number of rotatable bonds is 5. The van der Waals surface area contributed by atoms with E-state index in [1.807, 2.05) is 0 Å². The van der Waals surface area contributed by atoms with E-state index < -0.39 is 53.3 Å². The van der Waals surface area contributed by atoms with Crippen LogP contribution in [0.15, 0.2) is 33.5 Å². The molecular formula is C16H18O11S. The molecule has 0 amide bonds. The van der Waals surface area contributed by atoms with Gasteiger partial charge in [-0.25, -0.2) is 8.98 Å². The molecule has 5 atom stereocenters. The second-order valence-electron chi connectivity index (χ2n) is 6.25. The highest BCUT2D eigenvalue weighted by molar-refractivity contribution is 7.80.